The number of hydrogen-bond acceptors (Lipinski definition) is 5. The van der Waals surface area contributed by atoms with Crippen LogP contribution in [0.15, 0.2) is 41.3 Å². The second-order valence-corrected chi connectivity index (χ2v) is 5.94. The van der Waals surface area contributed by atoms with Gasteiger partial charge in [0.15, 0.2) is 0 Å². The zero-order chi connectivity index (χ0) is 18.0. The molecule has 6 nitrogen and oxygen atoms in total. The molecule has 0 amide bonds. The number of nitrogens with one attached hydrogen (secondary N) is 2. The van der Waals surface area contributed by atoms with Crippen molar-refractivity contribution in [3.8, 4) is 11.8 Å². The van der Waals surface area contributed by atoms with Crippen molar-refractivity contribution in [2.24, 2.45) is 0 Å². The number of hydrogen-bond donors (Lipinski definition) is 2. The SMILES string of the molecule is COc1ccnc(N[C@@H](C)c2cc3cc(Cl)ccc3[nH]c2=O)c1C#N. The van der Waals surface area contributed by atoms with Crippen LogP contribution in [0.25, 0.3) is 10.9 Å². The highest BCUT2D eigenvalue weighted by atomic mass is 35.5. The van der Waals surface area contributed by atoms with Gasteiger partial charge in [0.1, 0.15) is 23.2 Å². The van der Waals surface area contributed by atoms with Gasteiger partial charge in [-0.25, -0.2) is 4.98 Å². The second-order valence-electron chi connectivity index (χ2n) is 5.50. The van der Waals surface area contributed by atoms with E-state index in [1.54, 1.807) is 36.5 Å². The van der Waals surface area contributed by atoms with E-state index in [9.17, 15) is 10.1 Å². The summed E-state index contributed by atoms with van der Waals surface area (Å²) >= 11 is 6.03. The van der Waals surface area contributed by atoms with Gasteiger partial charge in [-0.3, -0.25) is 4.79 Å². The van der Waals surface area contributed by atoms with Crippen molar-refractivity contribution in [1.29, 1.82) is 5.26 Å². The van der Waals surface area contributed by atoms with Gasteiger partial charge in [0.25, 0.3) is 5.56 Å². The fourth-order valence-electron chi connectivity index (χ4n) is 2.63. The van der Waals surface area contributed by atoms with Gasteiger partial charge in [-0.2, -0.15) is 5.26 Å². The van der Waals surface area contributed by atoms with Gasteiger partial charge in [-0.15, -0.1) is 0 Å². The van der Waals surface area contributed by atoms with Gasteiger partial charge < -0.3 is 15.0 Å². The predicted octanol–water partition coefficient (Wildman–Crippen LogP) is 3.63. The van der Waals surface area contributed by atoms with E-state index < -0.39 is 0 Å². The summed E-state index contributed by atoms with van der Waals surface area (Å²) in [6.45, 7) is 1.82. The summed E-state index contributed by atoms with van der Waals surface area (Å²) in [6, 6.07) is 10.4. The standard InChI is InChI=1S/C18H15ClN4O2/c1-10(22-17-14(9-20)16(25-2)5-6-21-17)13-8-11-7-12(19)3-4-15(11)23-18(13)24/h3-8,10H,1-2H3,(H,21,22)(H,23,24)/t10-/m0/s1. The molecule has 0 unspecified atom stereocenters. The molecule has 0 saturated heterocycles. The highest BCUT2D eigenvalue weighted by molar-refractivity contribution is 6.31. The Morgan fingerprint density at radius 1 is 1.36 bits per heavy atom. The summed E-state index contributed by atoms with van der Waals surface area (Å²) < 4.78 is 5.17. The average molecular weight is 355 g/mol. The van der Waals surface area contributed by atoms with Gasteiger partial charge >= 0.3 is 0 Å². The van der Waals surface area contributed by atoms with E-state index in [2.05, 4.69) is 21.4 Å². The average Bonchev–Trinajstić information content (AvgIpc) is 2.61. The Morgan fingerprint density at radius 2 is 2.16 bits per heavy atom. The first-order valence-electron chi connectivity index (χ1n) is 7.55. The van der Waals surface area contributed by atoms with Gasteiger partial charge in [-0.1, -0.05) is 11.6 Å². The minimum Gasteiger partial charge on any atom is -0.495 e. The number of ether oxygens (including phenoxy) is 1. The highest BCUT2D eigenvalue weighted by Gasteiger charge is 2.16. The van der Waals surface area contributed by atoms with Crippen LogP contribution in [-0.4, -0.2) is 17.1 Å². The summed E-state index contributed by atoms with van der Waals surface area (Å²) in [5.41, 5.74) is 1.30. The lowest BCUT2D eigenvalue weighted by Crippen LogP contribution is -2.20. The maximum atomic E-state index is 12.4. The third-order valence-electron chi connectivity index (χ3n) is 3.90. The molecule has 0 spiro atoms. The summed E-state index contributed by atoms with van der Waals surface area (Å²) in [5.74, 6) is 0.784. The van der Waals surface area contributed by atoms with Crippen molar-refractivity contribution < 1.29 is 4.74 Å². The third-order valence-corrected chi connectivity index (χ3v) is 4.13. The molecule has 3 rings (SSSR count). The van der Waals surface area contributed by atoms with Crippen LogP contribution in [0.2, 0.25) is 5.02 Å². The van der Waals surface area contributed by atoms with E-state index >= 15 is 0 Å². The molecule has 0 bridgehead atoms. The number of H-pyrrole nitrogens is 1. The number of halogens is 1. The van der Waals surface area contributed by atoms with Crippen LogP contribution in [-0.2, 0) is 0 Å². The predicted molar refractivity (Wildman–Crippen MR) is 97.1 cm³/mol. The van der Waals surface area contributed by atoms with Crippen molar-refractivity contribution in [2.75, 3.05) is 12.4 Å². The van der Waals surface area contributed by atoms with Crippen molar-refractivity contribution in [2.45, 2.75) is 13.0 Å². The molecule has 1 atom stereocenters. The van der Waals surface area contributed by atoms with Crippen LogP contribution in [0.4, 0.5) is 5.82 Å². The molecule has 0 aliphatic carbocycles. The Kier molecular flexibility index (Phi) is 4.59. The number of anilines is 1. The highest BCUT2D eigenvalue weighted by Crippen LogP contribution is 2.26. The monoisotopic (exact) mass is 354 g/mol. The molecule has 2 N–H and O–H groups in total. The van der Waals surface area contributed by atoms with Gasteiger partial charge in [-0.05, 0) is 37.3 Å². The van der Waals surface area contributed by atoms with E-state index in [0.717, 1.165) is 5.39 Å². The third kappa shape index (κ3) is 3.28. The first-order chi connectivity index (χ1) is 12.0. The maximum Gasteiger partial charge on any atom is 0.253 e. The van der Waals surface area contributed by atoms with E-state index in [1.165, 1.54) is 7.11 Å². The number of rotatable bonds is 4. The van der Waals surface area contributed by atoms with Crippen LogP contribution in [0.1, 0.15) is 24.1 Å². The molecule has 1 aromatic carbocycles. The summed E-state index contributed by atoms with van der Waals surface area (Å²) in [7, 11) is 1.49. The number of fused-ring (bicyclic) bond motifs is 1. The summed E-state index contributed by atoms with van der Waals surface area (Å²) in [5, 5.41) is 13.9. The quantitative estimate of drug-likeness (QED) is 0.746. The number of aromatic nitrogens is 2. The molecule has 0 radical (unpaired) electrons. The van der Waals surface area contributed by atoms with Crippen molar-refractivity contribution >= 4 is 28.3 Å². The summed E-state index contributed by atoms with van der Waals surface area (Å²) in [4.78, 5) is 19.4. The first kappa shape index (κ1) is 16.8. The lowest BCUT2D eigenvalue weighted by Gasteiger charge is -2.16. The first-order valence-corrected chi connectivity index (χ1v) is 7.93. The van der Waals surface area contributed by atoms with Crippen LogP contribution < -0.4 is 15.6 Å². The molecule has 7 heteroatoms. The van der Waals surface area contributed by atoms with Crippen LogP contribution in [0, 0.1) is 11.3 Å². The molecule has 2 aromatic heterocycles. The Morgan fingerprint density at radius 3 is 2.88 bits per heavy atom. The normalized spacial score (nSPS) is 11.8. The molecule has 0 saturated carbocycles. The number of pyridine rings is 2. The Bertz CT molecular complexity index is 1040. The largest absolute Gasteiger partial charge is 0.495 e. The number of nitrogens with zero attached hydrogens (tertiary/aromatic N) is 2. The Balaban J connectivity index is 2.01. The summed E-state index contributed by atoms with van der Waals surface area (Å²) in [6.07, 6.45) is 1.54. The molecule has 0 fully saturated rings. The van der Waals surface area contributed by atoms with E-state index in [0.29, 0.717) is 27.7 Å². The number of nitriles is 1. The molecular formula is C18H15ClN4O2. The minimum atomic E-state index is -0.376. The van der Waals surface area contributed by atoms with E-state index in [1.807, 2.05) is 6.92 Å². The lowest BCUT2D eigenvalue weighted by atomic mass is 10.1. The number of aromatic amines is 1. The zero-order valence-electron chi connectivity index (χ0n) is 13.6. The van der Waals surface area contributed by atoms with Crippen molar-refractivity contribution in [3.05, 3.63) is 63.0 Å². The molecule has 126 valence electrons. The van der Waals surface area contributed by atoms with E-state index in [4.69, 9.17) is 16.3 Å². The molecule has 3 aromatic rings. The van der Waals surface area contributed by atoms with Crippen LogP contribution in [0.3, 0.4) is 0 Å². The Hall–Kier alpha value is -3.04. The smallest absolute Gasteiger partial charge is 0.253 e. The molecule has 0 aliphatic heterocycles. The van der Waals surface area contributed by atoms with Crippen LogP contribution >= 0.6 is 11.6 Å². The maximum absolute atomic E-state index is 12.4. The molecule has 0 aliphatic rings. The lowest BCUT2D eigenvalue weighted by molar-refractivity contribution is 0.413. The molecule has 25 heavy (non-hydrogen) atoms. The minimum absolute atomic E-state index is 0.212. The zero-order valence-corrected chi connectivity index (χ0v) is 14.4. The van der Waals surface area contributed by atoms with E-state index in [-0.39, 0.29) is 17.2 Å². The van der Waals surface area contributed by atoms with Crippen molar-refractivity contribution in [3.63, 3.8) is 0 Å². The van der Waals surface area contributed by atoms with Gasteiger partial charge in [0.05, 0.1) is 13.2 Å². The fraction of sp³-hybridized carbons (Fsp3) is 0.167. The Labute approximate surface area is 149 Å². The second kappa shape index (κ2) is 6.83. The molecular weight excluding hydrogens is 340 g/mol. The number of methoxy groups -OCH3 is 1. The molecule has 2 heterocycles. The number of benzene rings is 1. The van der Waals surface area contributed by atoms with Gasteiger partial charge in [0.2, 0.25) is 0 Å². The van der Waals surface area contributed by atoms with Crippen LogP contribution in [0.5, 0.6) is 5.75 Å². The van der Waals surface area contributed by atoms with Gasteiger partial charge in [0, 0.05) is 27.7 Å². The topological polar surface area (TPSA) is 90.8 Å². The fourth-order valence-corrected chi connectivity index (χ4v) is 2.81. The van der Waals surface area contributed by atoms with Crippen molar-refractivity contribution in [1.82, 2.24) is 9.97 Å².